The number of fused-ring (bicyclic) bond motifs is 2. The summed E-state index contributed by atoms with van der Waals surface area (Å²) in [5.41, 5.74) is 2.48. The second-order valence-corrected chi connectivity index (χ2v) is 8.40. The number of allylic oxidation sites excluding steroid dienone is 1. The van der Waals surface area contributed by atoms with Crippen molar-refractivity contribution in [2.24, 2.45) is 29.1 Å². The molecule has 0 aromatic rings. The third-order valence-corrected chi connectivity index (χ3v) is 7.06. The molecule has 22 heavy (non-hydrogen) atoms. The van der Waals surface area contributed by atoms with Crippen LogP contribution in [0.1, 0.15) is 52.9 Å². The van der Waals surface area contributed by atoms with E-state index in [4.69, 9.17) is 4.74 Å². The minimum atomic E-state index is -1.41. The molecule has 120 valence electrons. The van der Waals surface area contributed by atoms with Crippen molar-refractivity contribution in [2.45, 2.75) is 58.7 Å². The fraction of sp³-hybridized carbons (Fsp3) is 0.737. The van der Waals surface area contributed by atoms with Crippen molar-refractivity contribution in [3.05, 3.63) is 23.3 Å². The van der Waals surface area contributed by atoms with Crippen LogP contribution in [0.4, 0.5) is 0 Å². The Hall–Kier alpha value is -1.09. The van der Waals surface area contributed by atoms with Crippen LogP contribution < -0.4 is 0 Å². The van der Waals surface area contributed by atoms with Crippen LogP contribution >= 0.6 is 0 Å². The smallest absolute Gasteiger partial charge is 0.337 e. The minimum Gasteiger partial charge on any atom is -0.425 e. The summed E-state index contributed by atoms with van der Waals surface area (Å²) >= 11 is 0. The van der Waals surface area contributed by atoms with E-state index in [0.29, 0.717) is 17.8 Å². The SMILES string of the molecule is C=C1C[C@H]2C[C@H](C)[C@H]3CC[C@H](C)C4=C3[C@@](O)(OC4=O)[C@@]2(C)C1. The van der Waals surface area contributed by atoms with E-state index in [1.807, 2.05) is 0 Å². The van der Waals surface area contributed by atoms with Crippen LogP contribution in [0, 0.1) is 29.1 Å². The van der Waals surface area contributed by atoms with Crippen molar-refractivity contribution >= 4 is 5.97 Å². The maximum absolute atomic E-state index is 12.5. The number of rotatable bonds is 0. The van der Waals surface area contributed by atoms with E-state index in [0.717, 1.165) is 43.3 Å². The van der Waals surface area contributed by atoms with Crippen LogP contribution in [-0.4, -0.2) is 16.9 Å². The molecular formula is C19H26O3. The maximum Gasteiger partial charge on any atom is 0.337 e. The van der Waals surface area contributed by atoms with Crippen LogP contribution in [0.2, 0.25) is 0 Å². The van der Waals surface area contributed by atoms with Crippen LogP contribution in [0.25, 0.3) is 0 Å². The van der Waals surface area contributed by atoms with Crippen molar-refractivity contribution in [2.75, 3.05) is 0 Å². The molecule has 2 fully saturated rings. The summed E-state index contributed by atoms with van der Waals surface area (Å²) in [7, 11) is 0. The van der Waals surface area contributed by atoms with Gasteiger partial charge in [-0.25, -0.2) is 4.79 Å². The summed E-state index contributed by atoms with van der Waals surface area (Å²) in [6.45, 7) is 10.6. The molecule has 6 atom stereocenters. The average molecular weight is 302 g/mol. The Kier molecular flexibility index (Phi) is 2.80. The lowest BCUT2D eigenvalue weighted by Crippen LogP contribution is -2.50. The summed E-state index contributed by atoms with van der Waals surface area (Å²) in [4.78, 5) is 12.5. The molecule has 3 nitrogen and oxygen atoms in total. The van der Waals surface area contributed by atoms with E-state index in [-0.39, 0.29) is 11.9 Å². The highest BCUT2D eigenvalue weighted by Crippen LogP contribution is 2.65. The number of ether oxygens (including phenoxy) is 1. The predicted octanol–water partition coefficient (Wildman–Crippen LogP) is 3.59. The zero-order valence-corrected chi connectivity index (χ0v) is 13.8. The Bertz CT molecular complexity index is 604. The van der Waals surface area contributed by atoms with Gasteiger partial charge in [-0.05, 0) is 55.8 Å². The fourth-order valence-electron chi connectivity index (χ4n) is 5.83. The van der Waals surface area contributed by atoms with Crippen LogP contribution in [0.5, 0.6) is 0 Å². The van der Waals surface area contributed by atoms with Crippen molar-refractivity contribution < 1.29 is 14.6 Å². The highest BCUT2D eigenvalue weighted by atomic mass is 16.7. The molecule has 4 aliphatic rings. The molecule has 0 unspecified atom stereocenters. The number of esters is 1. The second-order valence-electron chi connectivity index (χ2n) is 8.40. The number of carbonyl (C=O) groups excluding carboxylic acids is 1. The van der Waals surface area contributed by atoms with Gasteiger partial charge in [-0.15, -0.1) is 0 Å². The first-order valence-corrected chi connectivity index (χ1v) is 8.65. The Morgan fingerprint density at radius 2 is 2.05 bits per heavy atom. The molecule has 1 N–H and O–H groups in total. The maximum atomic E-state index is 12.5. The topological polar surface area (TPSA) is 46.5 Å². The number of aliphatic hydroxyl groups is 1. The molecule has 3 heteroatoms. The zero-order valence-electron chi connectivity index (χ0n) is 13.8. The van der Waals surface area contributed by atoms with Crippen molar-refractivity contribution in [1.29, 1.82) is 0 Å². The lowest BCUT2D eigenvalue weighted by Gasteiger charge is -2.43. The summed E-state index contributed by atoms with van der Waals surface area (Å²) < 4.78 is 5.73. The van der Waals surface area contributed by atoms with Gasteiger partial charge in [0, 0.05) is 16.6 Å². The lowest BCUT2D eigenvalue weighted by molar-refractivity contribution is -0.232. The molecule has 0 aromatic carbocycles. The summed E-state index contributed by atoms with van der Waals surface area (Å²) in [5.74, 6) is -0.366. The highest BCUT2D eigenvalue weighted by molar-refractivity contribution is 5.94. The van der Waals surface area contributed by atoms with Gasteiger partial charge in [0.2, 0.25) is 5.79 Å². The third kappa shape index (κ3) is 1.53. The van der Waals surface area contributed by atoms with E-state index in [1.54, 1.807) is 0 Å². The Balaban J connectivity index is 1.96. The van der Waals surface area contributed by atoms with E-state index >= 15 is 0 Å². The average Bonchev–Trinajstić information content (AvgIpc) is 2.86. The van der Waals surface area contributed by atoms with Crippen LogP contribution in [-0.2, 0) is 9.53 Å². The molecule has 0 spiro atoms. The van der Waals surface area contributed by atoms with Gasteiger partial charge in [-0.2, -0.15) is 0 Å². The monoisotopic (exact) mass is 302 g/mol. The third-order valence-electron chi connectivity index (χ3n) is 7.06. The molecule has 1 aliphatic heterocycles. The van der Waals surface area contributed by atoms with E-state index < -0.39 is 11.2 Å². The van der Waals surface area contributed by atoms with Crippen LogP contribution in [0.3, 0.4) is 0 Å². The largest absolute Gasteiger partial charge is 0.425 e. The minimum absolute atomic E-state index is 0.199. The van der Waals surface area contributed by atoms with Gasteiger partial charge < -0.3 is 9.84 Å². The molecule has 0 radical (unpaired) electrons. The first-order valence-electron chi connectivity index (χ1n) is 8.65. The van der Waals surface area contributed by atoms with E-state index in [1.165, 1.54) is 5.57 Å². The number of hydrogen-bond donors (Lipinski definition) is 1. The predicted molar refractivity (Wildman–Crippen MR) is 83.7 cm³/mol. The molecular weight excluding hydrogens is 276 g/mol. The quantitative estimate of drug-likeness (QED) is 0.549. The van der Waals surface area contributed by atoms with Gasteiger partial charge >= 0.3 is 5.97 Å². The van der Waals surface area contributed by atoms with Crippen molar-refractivity contribution in [3.63, 3.8) is 0 Å². The molecule has 0 saturated heterocycles. The van der Waals surface area contributed by atoms with Gasteiger partial charge in [0.25, 0.3) is 0 Å². The van der Waals surface area contributed by atoms with Crippen LogP contribution in [0.15, 0.2) is 23.3 Å². The highest BCUT2D eigenvalue weighted by Gasteiger charge is 2.67. The molecule has 2 saturated carbocycles. The zero-order chi connectivity index (χ0) is 15.9. The standard InChI is InChI=1S/C19H26O3/c1-10-7-13-8-12(3)14-6-5-11(2)15-16(14)19(21,22-17(15)20)18(13,4)9-10/h11-14,21H,1,5-9H2,2-4H3/t11-,12-,13-,14+,18-,19+/m0/s1. The Morgan fingerprint density at radius 1 is 1.32 bits per heavy atom. The van der Waals surface area contributed by atoms with Crippen molar-refractivity contribution in [3.8, 4) is 0 Å². The van der Waals surface area contributed by atoms with Gasteiger partial charge in [0.1, 0.15) is 0 Å². The van der Waals surface area contributed by atoms with Gasteiger partial charge in [-0.3, -0.25) is 0 Å². The number of hydrogen-bond acceptors (Lipinski definition) is 3. The van der Waals surface area contributed by atoms with Gasteiger partial charge in [0.15, 0.2) is 0 Å². The molecule has 4 rings (SSSR count). The summed E-state index contributed by atoms with van der Waals surface area (Å²) in [5, 5.41) is 11.6. The molecule has 1 heterocycles. The van der Waals surface area contributed by atoms with E-state index in [2.05, 4.69) is 27.4 Å². The lowest BCUT2D eigenvalue weighted by atomic mass is 9.67. The molecule has 0 amide bonds. The summed E-state index contributed by atoms with van der Waals surface area (Å²) in [6, 6.07) is 0. The normalized spacial score (nSPS) is 50.5. The fourth-order valence-corrected chi connectivity index (χ4v) is 5.83. The molecule has 0 bridgehead atoms. The first-order chi connectivity index (χ1) is 10.3. The Labute approximate surface area is 132 Å². The first kappa shape index (κ1) is 14.5. The molecule has 3 aliphatic carbocycles. The van der Waals surface area contributed by atoms with Gasteiger partial charge in [-0.1, -0.05) is 32.9 Å². The summed E-state index contributed by atoms with van der Waals surface area (Å²) in [6.07, 6.45) is 4.87. The van der Waals surface area contributed by atoms with Gasteiger partial charge in [0.05, 0.1) is 0 Å². The van der Waals surface area contributed by atoms with E-state index in [9.17, 15) is 9.90 Å². The molecule has 0 aromatic heterocycles. The van der Waals surface area contributed by atoms with Crippen molar-refractivity contribution in [1.82, 2.24) is 0 Å². The second kappa shape index (κ2) is 4.25. The number of carbonyl (C=O) groups is 1. The Morgan fingerprint density at radius 3 is 2.77 bits per heavy atom.